The van der Waals surface area contributed by atoms with Crippen LogP contribution in [-0.4, -0.2) is 26.6 Å². The second-order valence-corrected chi connectivity index (χ2v) is 5.11. The second kappa shape index (κ2) is 5.25. The molecule has 7 nitrogen and oxygen atoms in total. The predicted molar refractivity (Wildman–Crippen MR) is 81.7 cm³/mol. The summed E-state index contributed by atoms with van der Waals surface area (Å²) in [4.78, 5) is 24.9. The molecule has 1 aliphatic rings. The summed E-state index contributed by atoms with van der Waals surface area (Å²) in [5.41, 5.74) is 2.46. The van der Waals surface area contributed by atoms with E-state index >= 15 is 0 Å². The summed E-state index contributed by atoms with van der Waals surface area (Å²) in [5, 5.41) is 10.6. The number of rotatable bonds is 2. The molecule has 22 heavy (non-hydrogen) atoms. The number of aromatic nitrogens is 3. The lowest BCUT2D eigenvalue weighted by Crippen LogP contribution is -2.53. The summed E-state index contributed by atoms with van der Waals surface area (Å²) in [5.74, 6) is -0.0314. The number of hydrogen-bond donors (Lipinski definition) is 0. The zero-order valence-electron chi connectivity index (χ0n) is 12.8. The number of fused-ring (bicyclic) bond motifs is 3. The van der Waals surface area contributed by atoms with Gasteiger partial charge in [0.15, 0.2) is 0 Å². The maximum atomic E-state index is 12.5. The maximum Gasteiger partial charge on any atom is 0.258 e. The van der Waals surface area contributed by atoms with E-state index in [4.69, 9.17) is 0 Å². The SMILES string of the molecule is CCC(=O)N1c2cc(C)ccc2-n2cnnc2N1C(=O)CC. The quantitative estimate of drug-likeness (QED) is 0.850. The fourth-order valence-electron chi connectivity index (χ4n) is 2.52. The van der Waals surface area contributed by atoms with Crippen LogP contribution in [0.1, 0.15) is 32.3 Å². The molecular weight excluding hydrogens is 282 g/mol. The largest absolute Gasteiger partial charge is 0.273 e. The average Bonchev–Trinajstić information content (AvgIpc) is 3.01. The van der Waals surface area contributed by atoms with E-state index in [1.54, 1.807) is 24.7 Å². The fourth-order valence-corrected chi connectivity index (χ4v) is 2.52. The number of hydrazine groups is 1. The molecule has 2 heterocycles. The molecule has 1 aliphatic heterocycles. The van der Waals surface area contributed by atoms with Gasteiger partial charge in [0.1, 0.15) is 6.33 Å². The Kier molecular flexibility index (Phi) is 3.40. The van der Waals surface area contributed by atoms with Crippen LogP contribution in [0.25, 0.3) is 5.69 Å². The molecule has 0 saturated carbocycles. The molecule has 2 amide bonds. The molecule has 0 radical (unpaired) electrons. The normalized spacial score (nSPS) is 12.9. The summed E-state index contributed by atoms with van der Waals surface area (Å²) in [7, 11) is 0. The van der Waals surface area contributed by atoms with Crippen molar-refractivity contribution in [2.75, 3.05) is 10.0 Å². The van der Waals surface area contributed by atoms with Gasteiger partial charge in [-0.25, -0.2) is 5.01 Å². The first kappa shape index (κ1) is 14.2. The van der Waals surface area contributed by atoms with E-state index < -0.39 is 0 Å². The molecule has 2 aromatic rings. The molecule has 0 fully saturated rings. The van der Waals surface area contributed by atoms with Gasteiger partial charge in [0, 0.05) is 12.8 Å². The van der Waals surface area contributed by atoms with E-state index in [-0.39, 0.29) is 24.7 Å². The van der Waals surface area contributed by atoms with E-state index in [9.17, 15) is 9.59 Å². The zero-order valence-corrected chi connectivity index (χ0v) is 12.8. The summed E-state index contributed by atoms with van der Waals surface area (Å²) < 4.78 is 1.72. The third-order valence-corrected chi connectivity index (χ3v) is 3.62. The summed E-state index contributed by atoms with van der Waals surface area (Å²) in [6, 6.07) is 5.75. The van der Waals surface area contributed by atoms with Crippen LogP contribution in [0.3, 0.4) is 0 Å². The number of benzene rings is 1. The van der Waals surface area contributed by atoms with E-state index in [0.29, 0.717) is 11.6 Å². The predicted octanol–water partition coefficient (Wildman–Crippen LogP) is 1.99. The van der Waals surface area contributed by atoms with E-state index in [0.717, 1.165) is 11.3 Å². The van der Waals surface area contributed by atoms with Gasteiger partial charge < -0.3 is 0 Å². The topological polar surface area (TPSA) is 71.3 Å². The summed E-state index contributed by atoms with van der Waals surface area (Å²) >= 11 is 0. The average molecular weight is 299 g/mol. The van der Waals surface area contributed by atoms with Crippen LogP contribution in [0.15, 0.2) is 24.5 Å². The third kappa shape index (κ3) is 1.97. The van der Waals surface area contributed by atoms with Crippen molar-refractivity contribution in [2.24, 2.45) is 0 Å². The molecule has 1 aromatic heterocycles. The van der Waals surface area contributed by atoms with Crippen LogP contribution >= 0.6 is 0 Å². The highest BCUT2D eigenvalue weighted by Gasteiger charge is 2.37. The van der Waals surface area contributed by atoms with Crippen molar-refractivity contribution in [3.63, 3.8) is 0 Å². The Balaban J connectivity index is 2.28. The molecular formula is C15H17N5O2. The number of amides is 2. The Bertz CT molecular complexity index is 752. The lowest BCUT2D eigenvalue weighted by molar-refractivity contribution is -0.123. The van der Waals surface area contributed by atoms with Crippen LogP contribution in [-0.2, 0) is 9.59 Å². The molecule has 0 aliphatic carbocycles. The molecule has 0 atom stereocenters. The van der Waals surface area contributed by atoms with Crippen molar-refractivity contribution < 1.29 is 9.59 Å². The Morgan fingerprint density at radius 1 is 1.05 bits per heavy atom. The molecule has 0 bridgehead atoms. The first-order valence-corrected chi connectivity index (χ1v) is 7.25. The van der Waals surface area contributed by atoms with Gasteiger partial charge in [-0.2, -0.15) is 5.01 Å². The van der Waals surface area contributed by atoms with Gasteiger partial charge in [0.05, 0.1) is 11.4 Å². The highest BCUT2D eigenvalue weighted by Crippen LogP contribution is 2.36. The Labute approximate surface area is 128 Å². The van der Waals surface area contributed by atoms with E-state index in [1.807, 2.05) is 25.1 Å². The minimum atomic E-state index is -0.205. The van der Waals surface area contributed by atoms with E-state index in [1.165, 1.54) is 10.0 Å². The van der Waals surface area contributed by atoms with Crippen LogP contribution in [0.2, 0.25) is 0 Å². The van der Waals surface area contributed by atoms with Gasteiger partial charge in [-0.3, -0.25) is 14.2 Å². The monoisotopic (exact) mass is 299 g/mol. The minimum Gasteiger partial charge on any atom is -0.273 e. The number of anilines is 2. The van der Waals surface area contributed by atoms with Gasteiger partial charge in [0.2, 0.25) is 11.8 Å². The molecule has 1 aromatic carbocycles. The maximum absolute atomic E-state index is 12.5. The molecule has 0 N–H and O–H groups in total. The Hall–Kier alpha value is -2.70. The Morgan fingerprint density at radius 3 is 2.41 bits per heavy atom. The highest BCUT2D eigenvalue weighted by atomic mass is 16.2. The van der Waals surface area contributed by atoms with Crippen molar-refractivity contribution in [1.82, 2.24) is 14.8 Å². The van der Waals surface area contributed by atoms with Crippen molar-refractivity contribution in [3.05, 3.63) is 30.1 Å². The second-order valence-electron chi connectivity index (χ2n) is 5.11. The van der Waals surface area contributed by atoms with E-state index in [2.05, 4.69) is 10.2 Å². The van der Waals surface area contributed by atoms with Gasteiger partial charge in [-0.15, -0.1) is 10.2 Å². The van der Waals surface area contributed by atoms with Crippen LogP contribution in [0.5, 0.6) is 0 Å². The first-order chi connectivity index (χ1) is 10.6. The van der Waals surface area contributed by atoms with Crippen molar-refractivity contribution in [3.8, 4) is 5.69 Å². The molecule has 114 valence electrons. The molecule has 7 heteroatoms. The smallest absolute Gasteiger partial charge is 0.258 e. The molecule has 3 rings (SSSR count). The van der Waals surface area contributed by atoms with Crippen molar-refractivity contribution >= 4 is 23.5 Å². The number of carbonyl (C=O) groups excluding carboxylic acids is 2. The number of aryl methyl sites for hydroxylation is 1. The third-order valence-electron chi connectivity index (χ3n) is 3.62. The lowest BCUT2D eigenvalue weighted by atomic mass is 10.1. The highest BCUT2D eigenvalue weighted by molar-refractivity contribution is 6.08. The van der Waals surface area contributed by atoms with Gasteiger partial charge in [-0.1, -0.05) is 19.9 Å². The zero-order chi connectivity index (χ0) is 15.9. The Morgan fingerprint density at radius 2 is 1.73 bits per heavy atom. The van der Waals surface area contributed by atoms with Gasteiger partial charge in [-0.05, 0) is 24.6 Å². The summed E-state index contributed by atoms with van der Waals surface area (Å²) in [6.45, 7) is 5.47. The van der Waals surface area contributed by atoms with Crippen molar-refractivity contribution in [2.45, 2.75) is 33.6 Å². The van der Waals surface area contributed by atoms with Gasteiger partial charge >= 0.3 is 0 Å². The standard InChI is InChI=1S/C15H17N5O2/c1-4-13(21)19-12-8-10(3)6-7-11(12)18-9-16-17-15(18)20(19)14(22)5-2/h6-9H,4-5H2,1-3H3. The number of carbonyl (C=O) groups is 2. The van der Waals surface area contributed by atoms with Crippen LogP contribution < -0.4 is 10.0 Å². The van der Waals surface area contributed by atoms with Gasteiger partial charge in [0.25, 0.3) is 5.95 Å². The fraction of sp³-hybridized carbons (Fsp3) is 0.333. The minimum absolute atomic E-state index is 0.164. The summed E-state index contributed by atoms with van der Waals surface area (Å²) in [6.07, 6.45) is 2.10. The van der Waals surface area contributed by atoms with Crippen molar-refractivity contribution in [1.29, 1.82) is 0 Å². The molecule has 0 spiro atoms. The van der Waals surface area contributed by atoms with Crippen LogP contribution in [0, 0.1) is 6.92 Å². The number of nitrogens with zero attached hydrogens (tertiary/aromatic N) is 5. The first-order valence-electron chi connectivity index (χ1n) is 7.25. The number of hydrogen-bond acceptors (Lipinski definition) is 4. The molecule has 0 unspecified atom stereocenters. The molecule has 0 saturated heterocycles. The lowest BCUT2D eigenvalue weighted by Gasteiger charge is -2.38. The van der Waals surface area contributed by atoms with Crippen LogP contribution in [0.4, 0.5) is 11.6 Å².